The number of ketones is 1. The van der Waals surface area contributed by atoms with E-state index in [0.29, 0.717) is 0 Å². The maximum Gasteiger partial charge on any atom is 0.176 e. The zero-order chi connectivity index (χ0) is 10.1. The van der Waals surface area contributed by atoms with Gasteiger partial charge in [-0.15, -0.1) is 0 Å². The highest BCUT2D eigenvalue weighted by molar-refractivity contribution is 9.10. The minimum atomic E-state index is -0.0107. The van der Waals surface area contributed by atoms with Crippen molar-refractivity contribution in [1.29, 1.82) is 0 Å². The average molecular weight is 255 g/mol. The zero-order valence-electron chi connectivity index (χ0n) is 7.92. The van der Waals surface area contributed by atoms with Crippen LogP contribution in [0.5, 0.6) is 5.75 Å². The summed E-state index contributed by atoms with van der Waals surface area (Å²) in [6.07, 6.45) is 1.81. The van der Waals surface area contributed by atoms with Crippen molar-refractivity contribution in [2.24, 2.45) is 0 Å². The van der Waals surface area contributed by atoms with Crippen molar-refractivity contribution >= 4 is 21.7 Å². The summed E-state index contributed by atoms with van der Waals surface area (Å²) in [5.74, 6) is 1.01. The Bertz CT molecular complexity index is 374. The molecule has 0 spiro atoms. The van der Waals surface area contributed by atoms with Crippen molar-refractivity contribution in [1.82, 2.24) is 0 Å². The Hall–Kier alpha value is -0.830. The van der Waals surface area contributed by atoms with Crippen LogP contribution < -0.4 is 4.74 Å². The Morgan fingerprint density at radius 1 is 1.50 bits per heavy atom. The summed E-state index contributed by atoms with van der Waals surface area (Å²) in [7, 11) is 1.64. The van der Waals surface area contributed by atoms with E-state index in [9.17, 15) is 4.79 Å². The summed E-state index contributed by atoms with van der Waals surface area (Å²) in [5, 5.41) is 0. The summed E-state index contributed by atoms with van der Waals surface area (Å²) in [4.78, 5) is 11.7. The molecule has 1 aliphatic rings. The number of fused-ring (bicyclic) bond motifs is 1. The van der Waals surface area contributed by atoms with Gasteiger partial charge in [0.1, 0.15) is 5.75 Å². The van der Waals surface area contributed by atoms with Gasteiger partial charge < -0.3 is 4.74 Å². The third-order valence-corrected chi connectivity index (χ3v) is 3.40. The minimum Gasteiger partial charge on any atom is -0.497 e. The maximum absolute atomic E-state index is 11.7. The number of carbonyl (C=O) groups excluding carboxylic acids is 1. The van der Waals surface area contributed by atoms with Gasteiger partial charge in [-0.2, -0.15) is 0 Å². The first-order chi connectivity index (χ1) is 6.72. The number of rotatable bonds is 1. The molecule has 0 aliphatic heterocycles. The lowest BCUT2D eigenvalue weighted by molar-refractivity contribution is 0.0981. The summed E-state index contributed by atoms with van der Waals surface area (Å²) < 4.78 is 5.12. The molecule has 0 fully saturated rings. The van der Waals surface area contributed by atoms with Crippen molar-refractivity contribution in [2.45, 2.75) is 17.7 Å². The second-order valence-electron chi connectivity index (χ2n) is 3.39. The number of hydrogen-bond donors (Lipinski definition) is 0. The van der Waals surface area contributed by atoms with Crippen LogP contribution in [0.1, 0.15) is 22.3 Å². The summed E-state index contributed by atoms with van der Waals surface area (Å²) in [5.41, 5.74) is 1.93. The lowest BCUT2D eigenvalue weighted by Crippen LogP contribution is -2.22. The van der Waals surface area contributed by atoms with Gasteiger partial charge in [-0.3, -0.25) is 4.79 Å². The first-order valence-corrected chi connectivity index (χ1v) is 5.49. The predicted octanol–water partition coefficient (Wildman–Crippen LogP) is 2.59. The monoisotopic (exact) mass is 254 g/mol. The van der Waals surface area contributed by atoms with Crippen molar-refractivity contribution in [3.05, 3.63) is 29.3 Å². The molecule has 2 nitrogen and oxygen atoms in total. The number of Topliss-reactive ketones (excluding diaryl/α,β-unsaturated/α-hetero) is 1. The smallest absolute Gasteiger partial charge is 0.176 e. The lowest BCUT2D eigenvalue weighted by atomic mass is 9.90. The highest BCUT2D eigenvalue weighted by Crippen LogP contribution is 2.28. The van der Waals surface area contributed by atoms with Crippen LogP contribution in [0.3, 0.4) is 0 Å². The minimum absolute atomic E-state index is 0.0107. The van der Waals surface area contributed by atoms with E-state index in [0.717, 1.165) is 29.7 Å². The van der Waals surface area contributed by atoms with E-state index in [-0.39, 0.29) is 10.6 Å². The topological polar surface area (TPSA) is 26.3 Å². The number of carbonyl (C=O) groups is 1. The van der Waals surface area contributed by atoms with Crippen molar-refractivity contribution in [3.63, 3.8) is 0 Å². The van der Waals surface area contributed by atoms with E-state index < -0.39 is 0 Å². The number of halogens is 1. The van der Waals surface area contributed by atoms with Gasteiger partial charge in [0.25, 0.3) is 0 Å². The van der Waals surface area contributed by atoms with E-state index >= 15 is 0 Å². The van der Waals surface area contributed by atoms with E-state index in [1.165, 1.54) is 0 Å². The standard InChI is InChI=1S/C11H11BrO2/c1-14-8-3-4-9-7(6-8)2-5-10(12)11(9)13/h3-4,6,10H,2,5H2,1H3/t10-/m1/s1. The molecule has 0 saturated carbocycles. The van der Waals surface area contributed by atoms with E-state index in [1.54, 1.807) is 7.11 Å². The van der Waals surface area contributed by atoms with Crippen molar-refractivity contribution in [3.8, 4) is 5.75 Å². The number of hydrogen-bond acceptors (Lipinski definition) is 2. The largest absolute Gasteiger partial charge is 0.497 e. The number of benzene rings is 1. The number of alkyl halides is 1. The molecule has 0 radical (unpaired) electrons. The fourth-order valence-electron chi connectivity index (χ4n) is 1.73. The Morgan fingerprint density at radius 2 is 2.29 bits per heavy atom. The highest BCUT2D eigenvalue weighted by Gasteiger charge is 2.25. The van der Waals surface area contributed by atoms with Crippen LogP contribution in [0.25, 0.3) is 0 Å². The molecular weight excluding hydrogens is 244 g/mol. The van der Waals surface area contributed by atoms with Gasteiger partial charge in [-0.25, -0.2) is 0 Å². The fourth-order valence-corrected chi connectivity index (χ4v) is 2.20. The molecule has 2 rings (SSSR count). The molecule has 1 atom stereocenters. The van der Waals surface area contributed by atoms with Crippen molar-refractivity contribution in [2.75, 3.05) is 7.11 Å². The summed E-state index contributed by atoms with van der Waals surface area (Å²) >= 11 is 3.38. The first-order valence-electron chi connectivity index (χ1n) is 4.57. The molecule has 0 unspecified atom stereocenters. The van der Waals surface area contributed by atoms with Crippen LogP contribution >= 0.6 is 15.9 Å². The van der Waals surface area contributed by atoms with E-state index in [2.05, 4.69) is 15.9 Å². The summed E-state index contributed by atoms with van der Waals surface area (Å²) in [6.45, 7) is 0. The van der Waals surface area contributed by atoms with Crippen LogP contribution in [-0.2, 0) is 6.42 Å². The van der Waals surface area contributed by atoms with Gasteiger partial charge in [0.05, 0.1) is 11.9 Å². The number of methoxy groups -OCH3 is 1. The molecule has 0 heterocycles. The van der Waals surface area contributed by atoms with Crippen LogP contribution in [0.4, 0.5) is 0 Å². The predicted molar refractivity (Wildman–Crippen MR) is 58.4 cm³/mol. The Morgan fingerprint density at radius 3 is 3.00 bits per heavy atom. The normalized spacial score (nSPS) is 20.4. The summed E-state index contributed by atoms with van der Waals surface area (Å²) in [6, 6.07) is 5.64. The van der Waals surface area contributed by atoms with E-state index in [1.807, 2.05) is 18.2 Å². The first kappa shape index (κ1) is 9.71. The third kappa shape index (κ3) is 1.57. The average Bonchev–Trinajstić information content (AvgIpc) is 2.23. The van der Waals surface area contributed by atoms with Crippen LogP contribution in [0.2, 0.25) is 0 Å². The third-order valence-electron chi connectivity index (χ3n) is 2.53. The van der Waals surface area contributed by atoms with Crippen LogP contribution in [0.15, 0.2) is 18.2 Å². The number of aryl methyl sites for hydroxylation is 1. The SMILES string of the molecule is COc1ccc2c(c1)CC[C@@H](Br)C2=O. The van der Waals surface area contributed by atoms with Gasteiger partial charge in [0.15, 0.2) is 5.78 Å². The maximum atomic E-state index is 11.7. The Labute approximate surface area is 91.4 Å². The van der Waals surface area contributed by atoms with Gasteiger partial charge >= 0.3 is 0 Å². The molecule has 1 aromatic carbocycles. The van der Waals surface area contributed by atoms with Gasteiger partial charge in [-0.1, -0.05) is 15.9 Å². The molecule has 3 heteroatoms. The molecular formula is C11H11BrO2. The Kier molecular flexibility index (Phi) is 2.59. The van der Waals surface area contributed by atoms with Gasteiger partial charge in [0, 0.05) is 5.56 Å². The molecule has 0 saturated heterocycles. The van der Waals surface area contributed by atoms with Crippen molar-refractivity contribution < 1.29 is 9.53 Å². The second-order valence-corrected chi connectivity index (χ2v) is 4.50. The molecule has 14 heavy (non-hydrogen) atoms. The molecule has 1 aromatic rings. The fraction of sp³-hybridized carbons (Fsp3) is 0.364. The lowest BCUT2D eigenvalue weighted by Gasteiger charge is -2.19. The zero-order valence-corrected chi connectivity index (χ0v) is 9.50. The number of ether oxygens (including phenoxy) is 1. The molecule has 0 bridgehead atoms. The Balaban J connectivity index is 2.44. The van der Waals surface area contributed by atoms with Crippen LogP contribution in [-0.4, -0.2) is 17.7 Å². The highest BCUT2D eigenvalue weighted by atomic mass is 79.9. The second kappa shape index (κ2) is 3.73. The van der Waals surface area contributed by atoms with Gasteiger partial charge in [-0.05, 0) is 36.6 Å². The quantitative estimate of drug-likeness (QED) is 0.721. The van der Waals surface area contributed by atoms with Crippen LogP contribution in [0, 0.1) is 0 Å². The molecule has 1 aliphatic carbocycles. The molecule has 0 N–H and O–H groups in total. The molecule has 0 amide bonds. The molecule has 0 aromatic heterocycles. The molecule has 74 valence electrons. The van der Waals surface area contributed by atoms with E-state index in [4.69, 9.17) is 4.74 Å². The van der Waals surface area contributed by atoms with Gasteiger partial charge in [0.2, 0.25) is 0 Å².